The molecule has 0 aromatic rings. The van der Waals surface area contributed by atoms with Gasteiger partial charge in [-0.2, -0.15) is 23.5 Å². The van der Waals surface area contributed by atoms with Crippen molar-refractivity contribution in [2.75, 3.05) is 30.6 Å². The van der Waals surface area contributed by atoms with Gasteiger partial charge in [0.15, 0.2) is 5.96 Å². The number of carboxylic acids is 1. The van der Waals surface area contributed by atoms with E-state index in [9.17, 15) is 24.3 Å². The number of nitrogens with two attached hydrogens (primary N) is 3. The summed E-state index contributed by atoms with van der Waals surface area (Å²) in [4.78, 5) is 53.9. The Bertz CT molecular complexity index is 720. The van der Waals surface area contributed by atoms with Crippen LogP contribution in [-0.2, 0) is 19.2 Å². The molecule has 4 atom stereocenters. The van der Waals surface area contributed by atoms with Gasteiger partial charge in [-0.15, -0.1) is 0 Å². The highest BCUT2D eigenvalue weighted by atomic mass is 32.2. The van der Waals surface area contributed by atoms with E-state index in [2.05, 4.69) is 20.9 Å². The van der Waals surface area contributed by atoms with Crippen LogP contribution in [0.3, 0.4) is 0 Å². The van der Waals surface area contributed by atoms with E-state index >= 15 is 0 Å². The van der Waals surface area contributed by atoms with Crippen LogP contribution < -0.4 is 33.2 Å². The van der Waals surface area contributed by atoms with Gasteiger partial charge in [0, 0.05) is 6.54 Å². The van der Waals surface area contributed by atoms with Crippen molar-refractivity contribution in [3.05, 3.63) is 0 Å². The molecule has 0 aliphatic carbocycles. The number of carboxylic acid groups (broad SMARTS) is 1. The summed E-state index contributed by atoms with van der Waals surface area (Å²) in [5.41, 5.74) is 16.6. The molecule has 0 aliphatic rings. The number of thioether (sulfide) groups is 2. The fraction of sp³-hybridized carbons (Fsp3) is 0.762. The predicted molar refractivity (Wildman–Crippen MR) is 142 cm³/mol. The molecule has 0 aromatic heterocycles. The van der Waals surface area contributed by atoms with Gasteiger partial charge in [0.2, 0.25) is 17.7 Å². The summed E-state index contributed by atoms with van der Waals surface area (Å²) >= 11 is 3.02. The summed E-state index contributed by atoms with van der Waals surface area (Å²) in [7, 11) is 0. The van der Waals surface area contributed by atoms with E-state index in [1.807, 2.05) is 12.5 Å². The number of hydrogen-bond acceptors (Lipinski definition) is 8. The lowest BCUT2D eigenvalue weighted by atomic mass is 10.0. The first-order chi connectivity index (χ1) is 16.4. The van der Waals surface area contributed by atoms with E-state index in [1.165, 1.54) is 11.8 Å². The average molecular weight is 536 g/mol. The molecule has 3 amide bonds. The Hall–Kier alpha value is -2.19. The van der Waals surface area contributed by atoms with Crippen molar-refractivity contribution in [1.29, 1.82) is 0 Å². The number of aliphatic carboxylic acids is 1. The van der Waals surface area contributed by atoms with Crippen LogP contribution in [0.4, 0.5) is 0 Å². The second kappa shape index (κ2) is 18.1. The predicted octanol–water partition coefficient (Wildman–Crippen LogP) is -0.931. The number of amides is 3. The molecule has 202 valence electrons. The van der Waals surface area contributed by atoms with Crippen molar-refractivity contribution in [2.24, 2.45) is 28.1 Å². The largest absolute Gasteiger partial charge is 0.480 e. The first kappa shape index (κ1) is 32.8. The van der Waals surface area contributed by atoms with Crippen LogP contribution in [0.25, 0.3) is 0 Å². The third-order valence-corrected chi connectivity index (χ3v) is 6.31. The summed E-state index contributed by atoms with van der Waals surface area (Å²) in [5, 5.41) is 17.2. The van der Waals surface area contributed by atoms with Gasteiger partial charge in [0.1, 0.15) is 18.1 Å². The Kier molecular flexibility index (Phi) is 17.0. The molecule has 0 saturated carbocycles. The first-order valence-electron chi connectivity index (χ1n) is 11.4. The number of hydrogen-bond donors (Lipinski definition) is 7. The van der Waals surface area contributed by atoms with Gasteiger partial charge in [-0.3, -0.25) is 19.4 Å². The lowest BCUT2D eigenvalue weighted by Crippen LogP contribution is -2.58. The van der Waals surface area contributed by atoms with Crippen LogP contribution in [0.2, 0.25) is 0 Å². The lowest BCUT2D eigenvalue weighted by Gasteiger charge is -2.27. The minimum absolute atomic E-state index is 0.0832. The van der Waals surface area contributed by atoms with Crippen molar-refractivity contribution in [3.63, 3.8) is 0 Å². The van der Waals surface area contributed by atoms with Crippen LogP contribution >= 0.6 is 23.5 Å². The van der Waals surface area contributed by atoms with E-state index < -0.39 is 47.9 Å². The number of nitrogens with zero attached hydrogens (tertiary/aromatic N) is 1. The lowest BCUT2D eigenvalue weighted by molar-refractivity contribution is -0.142. The molecule has 0 radical (unpaired) electrons. The first-order valence-corrected chi connectivity index (χ1v) is 14.2. The Morgan fingerprint density at radius 2 is 1.43 bits per heavy atom. The number of carbonyl (C=O) groups is 4. The Morgan fingerprint density at radius 1 is 0.857 bits per heavy atom. The fourth-order valence-electron chi connectivity index (χ4n) is 2.97. The normalized spacial score (nSPS) is 14.3. The maximum absolute atomic E-state index is 13.1. The summed E-state index contributed by atoms with van der Waals surface area (Å²) in [6.07, 6.45) is 5.04. The zero-order chi connectivity index (χ0) is 27.0. The molecule has 35 heavy (non-hydrogen) atoms. The van der Waals surface area contributed by atoms with E-state index in [0.717, 1.165) is 0 Å². The van der Waals surface area contributed by atoms with Crippen LogP contribution in [-0.4, -0.2) is 89.5 Å². The fourth-order valence-corrected chi connectivity index (χ4v) is 3.93. The summed E-state index contributed by atoms with van der Waals surface area (Å²) in [6, 6.07) is -3.83. The quantitative estimate of drug-likeness (QED) is 0.0650. The van der Waals surface area contributed by atoms with Gasteiger partial charge in [-0.1, -0.05) is 13.8 Å². The highest BCUT2D eigenvalue weighted by Crippen LogP contribution is 2.08. The summed E-state index contributed by atoms with van der Waals surface area (Å²) in [6.45, 7) is 3.71. The SMILES string of the molecule is CSCCC(N)C(=O)NC(CCCN=C(N)N)C(=O)NC(C(=O)NC(CCSC)C(=O)O)C(C)C. The Labute approximate surface area is 215 Å². The summed E-state index contributed by atoms with van der Waals surface area (Å²) < 4.78 is 0. The van der Waals surface area contributed by atoms with Gasteiger partial charge >= 0.3 is 5.97 Å². The smallest absolute Gasteiger partial charge is 0.326 e. The van der Waals surface area contributed by atoms with Gasteiger partial charge in [0.05, 0.1) is 6.04 Å². The maximum atomic E-state index is 13.1. The molecule has 0 spiro atoms. The van der Waals surface area contributed by atoms with Crippen LogP contribution in [0.1, 0.15) is 39.5 Å². The molecule has 0 rings (SSSR count). The van der Waals surface area contributed by atoms with Crippen molar-refractivity contribution < 1.29 is 24.3 Å². The molecular formula is C21H41N7O5S2. The molecule has 0 fully saturated rings. The minimum atomic E-state index is -1.15. The molecule has 10 N–H and O–H groups in total. The number of guanidine groups is 1. The minimum Gasteiger partial charge on any atom is -0.480 e. The molecule has 0 aliphatic heterocycles. The van der Waals surface area contributed by atoms with E-state index in [1.54, 1.807) is 25.6 Å². The van der Waals surface area contributed by atoms with Gasteiger partial charge in [-0.25, -0.2) is 4.79 Å². The molecule has 0 saturated heterocycles. The summed E-state index contributed by atoms with van der Waals surface area (Å²) in [5.74, 6) is -1.99. The number of carbonyl (C=O) groups excluding carboxylic acids is 3. The molecule has 14 heteroatoms. The van der Waals surface area contributed by atoms with E-state index in [4.69, 9.17) is 17.2 Å². The monoisotopic (exact) mass is 535 g/mol. The topological polar surface area (TPSA) is 215 Å². The van der Waals surface area contributed by atoms with Crippen LogP contribution in [0, 0.1) is 5.92 Å². The van der Waals surface area contributed by atoms with Gasteiger partial charge in [0.25, 0.3) is 0 Å². The average Bonchev–Trinajstić information content (AvgIpc) is 2.79. The van der Waals surface area contributed by atoms with Crippen molar-refractivity contribution in [2.45, 2.75) is 63.7 Å². The highest BCUT2D eigenvalue weighted by Gasteiger charge is 2.31. The molecule has 0 aromatic carbocycles. The number of rotatable bonds is 18. The zero-order valence-corrected chi connectivity index (χ0v) is 22.5. The Balaban J connectivity index is 5.45. The van der Waals surface area contributed by atoms with Crippen LogP contribution in [0.5, 0.6) is 0 Å². The third-order valence-electron chi connectivity index (χ3n) is 5.02. The standard InChI is InChI=1S/C21H41N7O5S2/c1-12(2)16(19(31)27-15(20(32)33)8-11-35-4)28-18(30)14(6-5-9-25-21(23)24)26-17(29)13(22)7-10-34-3/h12-16H,5-11,22H2,1-4H3,(H,26,29)(H,27,31)(H,28,30)(H,32,33)(H4,23,24,25). The molecule has 0 heterocycles. The van der Waals surface area contributed by atoms with Gasteiger partial charge in [-0.05, 0) is 55.6 Å². The third kappa shape index (κ3) is 14.1. The molecule has 4 unspecified atom stereocenters. The Morgan fingerprint density at radius 3 is 1.94 bits per heavy atom. The highest BCUT2D eigenvalue weighted by molar-refractivity contribution is 7.98. The van der Waals surface area contributed by atoms with Crippen molar-refractivity contribution in [1.82, 2.24) is 16.0 Å². The second-order valence-corrected chi connectivity index (χ2v) is 10.3. The number of aliphatic imine (C=N–C) groups is 1. The maximum Gasteiger partial charge on any atom is 0.326 e. The van der Waals surface area contributed by atoms with Crippen LogP contribution in [0.15, 0.2) is 4.99 Å². The van der Waals surface area contributed by atoms with E-state index in [0.29, 0.717) is 24.3 Å². The second-order valence-electron chi connectivity index (χ2n) is 8.31. The molecular weight excluding hydrogens is 494 g/mol. The van der Waals surface area contributed by atoms with E-state index in [-0.39, 0.29) is 31.3 Å². The zero-order valence-electron chi connectivity index (χ0n) is 20.9. The molecule has 0 bridgehead atoms. The number of nitrogens with one attached hydrogen (secondary N) is 3. The van der Waals surface area contributed by atoms with Crippen molar-refractivity contribution >= 4 is 53.2 Å². The van der Waals surface area contributed by atoms with Crippen molar-refractivity contribution in [3.8, 4) is 0 Å². The van der Waals surface area contributed by atoms with Gasteiger partial charge < -0.3 is 38.3 Å². The molecule has 12 nitrogen and oxygen atoms in total.